The van der Waals surface area contributed by atoms with Gasteiger partial charge in [-0.15, -0.1) is 0 Å². The molecule has 2 unspecified atom stereocenters. The fourth-order valence-corrected chi connectivity index (χ4v) is 2.79. The molecule has 0 saturated carbocycles. The first-order chi connectivity index (χ1) is 6.97. The molecule has 1 nitrogen and oxygen atoms in total. The van der Waals surface area contributed by atoms with Crippen LogP contribution in [0.25, 0.3) is 0 Å². The lowest BCUT2D eigenvalue weighted by atomic mass is 9.67. The molecular weight excluding hydrogens is 184 g/mol. The molecule has 1 heteroatoms. The summed E-state index contributed by atoms with van der Waals surface area (Å²) in [7, 11) is 0. The normalized spacial score (nSPS) is 27.3. The number of aliphatic hydroxyl groups excluding tert-OH is 1. The molecule has 0 aromatic heterocycles. The van der Waals surface area contributed by atoms with Crippen LogP contribution in [-0.2, 0) is 0 Å². The quantitative estimate of drug-likeness (QED) is 0.697. The average molecular weight is 210 g/mol. The second-order valence-electron chi connectivity index (χ2n) is 5.67. The summed E-state index contributed by atoms with van der Waals surface area (Å²) in [6.07, 6.45) is 7.78. The van der Waals surface area contributed by atoms with E-state index in [2.05, 4.69) is 33.8 Å². The van der Waals surface area contributed by atoms with Crippen LogP contribution in [0.15, 0.2) is 11.6 Å². The van der Waals surface area contributed by atoms with E-state index in [1.807, 2.05) is 0 Å². The lowest BCUT2D eigenvalue weighted by Gasteiger charge is -2.39. The van der Waals surface area contributed by atoms with Crippen molar-refractivity contribution >= 4 is 0 Å². The number of rotatable bonds is 4. The summed E-state index contributed by atoms with van der Waals surface area (Å²) in [6.45, 7) is 9.04. The van der Waals surface area contributed by atoms with Gasteiger partial charge in [0.05, 0.1) is 6.10 Å². The van der Waals surface area contributed by atoms with Crippen LogP contribution in [0.4, 0.5) is 0 Å². The van der Waals surface area contributed by atoms with Gasteiger partial charge in [0.1, 0.15) is 0 Å². The van der Waals surface area contributed by atoms with E-state index in [9.17, 15) is 5.11 Å². The number of hydrogen-bond donors (Lipinski definition) is 1. The van der Waals surface area contributed by atoms with Crippen LogP contribution in [0.3, 0.4) is 0 Å². The lowest BCUT2D eigenvalue weighted by Crippen LogP contribution is -2.28. The molecule has 0 bridgehead atoms. The lowest BCUT2D eigenvalue weighted by molar-refractivity contribution is 0.129. The summed E-state index contributed by atoms with van der Waals surface area (Å²) in [5.74, 6) is 0.674. The van der Waals surface area contributed by atoms with Crippen molar-refractivity contribution in [3.63, 3.8) is 0 Å². The topological polar surface area (TPSA) is 20.2 Å². The highest BCUT2D eigenvalue weighted by Gasteiger charge is 2.32. The van der Waals surface area contributed by atoms with E-state index in [1.165, 1.54) is 18.4 Å². The number of allylic oxidation sites excluding steroid dienone is 2. The SMILES string of the molecule is CCC(O)CCC1C(C)=CCCC1(C)C. The van der Waals surface area contributed by atoms with E-state index in [1.54, 1.807) is 0 Å². The first-order valence-electron chi connectivity index (χ1n) is 6.32. The largest absolute Gasteiger partial charge is 0.393 e. The predicted octanol–water partition coefficient (Wildman–Crippen LogP) is 3.92. The minimum atomic E-state index is -0.101. The van der Waals surface area contributed by atoms with Gasteiger partial charge < -0.3 is 5.11 Å². The van der Waals surface area contributed by atoms with Gasteiger partial charge in [0.15, 0.2) is 0 Å². The minimum absolute atomic E-state index is 0.101. The highest BCUT2D eigenvalue weighted by atomic mass is 16.3. The van der Waals surface area contributed by atoms with Gasteiger partial charge >= 0.3 is 0 Å². The summed E-state index contributed by atoms with van der Waals surface area (Å²) < 4.78 is 0. The van der Waals surface area contributed by atoms with Crippen molar-refractivity contribution in [1.29, 1.82) is 0 Å². The molecule has 0 heterocycles. The van der Waals surface area contributed by atoms with Crippen LogP contribution in [0.1, 0.15) is 59.8 Å². The second kappa shape index (κ2) is 5.16. The molecule has 0 spiro atoms. The first-order valence-corrected chi connectivity index (χ1v) is 6.32. The molecule has 1 rings (SSSR count). The maximum absolute atomic E-state index is 9.63. The standard InChI is InChI=1S/C14H26O/c1-5-12(15)8-9-13-11(2)7-6-10-14(13,3)4/h7,12-13,15H,5-6,8-10H2,1-4H3. The third-order valence-electron chi connectivity index (χ3n) is 4.01. The first kappa shape index (κ1) is 12.8. The van der Waals surface area contributed by atoms with E-state index in [0.717, 1.165) is 19.3 Å². The second-order valence-corrected chi connectivity index (χ2v) is 5.67. The Bertz CT molecular complexity index is 227. The summed E-state index contributed by atoms with van der Waals surface area (Å²) in [5.41, 5.74) is 1.96. The fourth-order valence-electron chi connectivity index (χ4n) is 2.79. The van der Waals surface area contributed by atoms with E-state index in [0.29, 0.717) is 11.3 Å². The van der Waals surface area contributed by atoms with E-state index in [-0.39, 0.29) is 6.10 Å². The Labute approximate surface area is 94.6 Å². The van der Waals surface area contributed by atoms with Crippen molar-refractivity contribution in [2.75, 3.05) is 0 Å². The predicted molar refractivity (Wildman–Crippen MR) is 65.8 cm³/mol. The summed E-state index contributed by atoms with van der Waals surface area (Å²) in [5, 5.41) is 9.63. The van der Waals surface area contributed by atoms with Gasteiger partial charge in [-0.1, -0.05) is 32.4 Å². The van der Waals surface area contributed by atoms with Crippen LogP contribution < -0.4 is 0 Å². The molecule has 0 aliphatic heterocycles. The molecular formula is C14H26O. The fraction of sp³-hybridized carbons (Fsp3) is 0.857. The molecule has 0 aromatic carbocycles. The zero-order valence-electron chi connectivity index (χ0n) is 10.7. The van der Waals surface area contributed by atoms with E-state index >= 15 is 0 Å². The molecule has 15 heavy (non-hydrogen) atoms. The van der Waals surface area contributed by atoms with Crippen LogP contribution in [0.2, 0.25) is 0 Å². The van der Waals surface area contributed by atoms with Gasteiger partial charge in [-0.05, 0) is 50.4 Å². The molecule has 0 amide bonds. The molecule has 1 N–H and O–H groups in total. The number of hydrogen-bond acceptors (Lipinski definition) is 1. The maximum Gasteiger partial charge on any atom is 0.0537 e. The van der Waals surface area contributed by atoms with Crippen molar-refractivity contribution in [1.82, 2.24) is 0 Å². The Morgan fingerprint density at radius 1 is 1.53 bits per heavy atom. The van der Waals surface area contributed by atoms with Gasteiger partial charge in [0.25, 0.3) is 0 Å². The van der Waals surface area contributed by atoms with Crippen molar-refractivity contribution in [2.45, 2.75) is 65.9 Å². The summed E-state index contributed by atoms with van der Waals surface area (Å²) in [4.78, 5) is 0. The highest BCUT2D eigenvalue weighted by molar-refractivity contribution is 5.11. The van der Waals surface area contributed by atoms with Gasteiger partial charge in [-0.2, -0.15) is 0 Å². The smallest absolute Gasteiger partial charge is 0.0537 e. The van der Waals surface area contributed by atoms with Crippen molar-refractivity contribution in [2.24, 2.45) is 11.3 Å². The molecule has 0 aromatic rings. The summed E-state index contributed by atoms with van der Waals surface area (Å²) in [6, 6.07) is 0. The third-order valence-corrected chi connectivity index (χ3v) is 4.01. The molecule has 0 saturated heterocycles. The third kappa shape index (κ3) is 3.34. The zero-order chi connectivity index (χ0) is 11.5. The van der Waals surface area contributed by atoms with Crippen molar-refractivity contribution < 1.29 is 5.11 Å². The summed E-state index contributed by atoms with van der Waals surface area (Å²) >= 11 is 0. The molecule has 2 atom stereocenters. The Balaban J connectivity index is 2.57. The zero-order valence-corrected chi connectivity index (χ0v) is 10.7. The minimum Gasteiger partial charge on any atom is -0.393 e. The molecule has 1 aliphatic rings. The van der Waals surface area contributed by atoms with Gasteiger partial charge in [-0.25, -0.2) is 0 Å². The van der Waals surface area contributed by atoms with E-state index < -0.39 is 0 Å². The van der Waals surface area contributed by atoms with Crippen LogP contribution in [-0.4, -0.2) is 11.2 Å². The molecule has 0 radical (unpaired) electrons. The molecule has 1 aliphatic carbocycles. The van der Waals surface area contributed by atoms with E-state index in [4.69, 9.17) is 0 Å². The van der Waals surface area contributed by atoms with Crippen LogP contribution in [0, 0.1) is 11.3 Å². The van der Waals surface area contributed by atoms with Crippen molar-refractivity contribution in [3.05, 3.63) is 11.6 Å². The molecule has 0 fully saturated rings. The van der Waals surface area contributed by atoms with Gasteiger partial charge in [-0.3, -0.25) is 0 Å². The Kier molecular flexibility index (Phi) is 4.39. The Hall–Kier alpha value is -0.300. The Morgan fingerprint density at radius 3 is 2.73 bits per heavy atom. The highest BCUT2D eigenvalue weighted by Crippen LogP contribution is 2.43. The van der Waals surface area contributed by atoms with Gasteiger partial charge in [0, 0.05) is 0 Å². The van der Waals surface area contributed by atoms with Crippen LogP contribution in [0.5, 0.6) is 0 Å². The van der Waals surface area contributed by atoms with Crippen LogP contribution >= 0.6 is 0 Å². The van der Waals surface area contributed by atoms with Crippen molar-refractivity contribution in [3.8, 4) is 0 Å². The average Bonchev–Trinajstić information content (AvgIpc) is 2.15. The monoisotopic (exact) mass is 210 g/mol. The van der Waals surface area contributed by atoms with Gasteiger partial charge in [0.2, 0.25) is 0 Å². The number of aliphatic hydroxyl groups is 1. The molecule has 88 valence electrons. The maximum atomic E-state index is 9.63. The Morgan fingerprint density at radius 2 is 2.20 bits per heavy atom.